The smallest absolute Gasteiger partial charge is 0.410 e. The largest absolute Gasteiger partial charge is 0.444 e. The number of nitrogens with zero attached hydrogens (tertiary/aromatic N) is 4. The van der Waals surface area contributed by atoms with Gasteiger partial charge in [0.05, 0.1) is 24.8 Å². The average molecular weight is 649 g/mol. The van der Waals surface area contributed by atoms with Crippen LogP contribution in [-0.2, 0) is 22.6 Å². The molecule has 6 rings (SSSR count). The Balaban J connectivity index is 1.44. The molecule has 0 spiro atoms. The maximum Gasteiger partial charge on any atom is 0.410 e. The molecule has 0 unspecified atom stereocenters. The number of hydrogen-bond donors (Lipinski definition) is 0. The van der Waals surface area contributed by atoms with Crippen LogP contribution in [0.4, 0.5) is 19.4 Å². The molecule has 0 aliphatic carbocycles. The van der Waals surface area contributed by atoms with Gasteiger partial charge in [-0.1, -0.05) is 30.3 Å². The average Bonchev–Trinajstić information content (AvgIpc) is 3.19. The van der Waals surface area contributed by atoms with Gasteiger partial charge in [0.2, 0.25) is 0 Å². The fourth-order valence-electron chi connectivity index (χ4n) is 6.16. The molecule has 0 bridgehead atoms. The van der Waals surface area contributed by atoms with Crippen LogP contribution in [0.25, 0.3) is 22.0 Å². The van der Waals surface area contributed by atoms with Crippen LogP contribution in [0.15, 0.2) is 64.3 Å². The Morgan fingerprint density at radius 1 is 1.07 bits per heavy atom. The third kappa shape index (κ3) is 6.48. The van der Waals surface area contributed by atoms with Crippen LogP contribution in [-0.4, -0.2) is 63.7 Å². The lowest BCUT2D eigenvalue weighted by Crippen LogP contribution is -2.55. The molecular formula is C35H38F2N4O4S. The van der Waals surface area contributed by atoms with Crippen molar-refractivity contribution in [1.82, 2.24) is 14.5 Å². The van der Waals surface area contributed by atoms with Gasteiger partial charge in [0.25, 0.3) is 0 Å². The van der Waals surface area contributed by atoms with Gasteiger partial charge in [-0.3, -0.25) is 4.57 Å². The predicted molar refractivity (Wildman–Crippen MR) is 176 cm³/mol. The first-order chi connectivity index (χ1) is 21.9. The predicted octanol–water partition coefficient (Wildman–Crippen LogP) is 6.79. The van der Waals surface area contributed by atoms with Crippen LogP contribution in [0.1, 0.15) is 38.8 Å². The Bertz CT molecular complexity index is 1840. The molecule has 2 aliphatic rings. The third-order valence-electron chi connectivity index (χ3n) is 8.28. The second-order valence-corrected chi connectivity index (χ2v) is 14.0. The third-order valence-corrected chi connectivity index (χ3v) is 9.50. The fourth-order valence-corrected chi connectivity index (χ4v) is 7.49. The number of aryl methyl sites for hydroxylation is 1. The van der Waals surface area contributed by atoms with Gasteiger partial charge in [-0.25, -0.2) is 18.4 Å². The highest BCUT2D eigenvalue weighted by molar-refractivity contribution is 7.99. The van der Waals surface area contributed by atoms with E-state index in [2.05, 4.69) is 9.88 Å². The maximum absolute atomic E-state index is 15.3. The molecule has 242 valence electrons. The molecule has 1 aromatic heterocycles. The molecule has 2 atom stereocenters. The molecule has 1 saturated heterocycles. The van der Waals surface area contributed by atoms with Gasteiger partial charge in [-0.15, -0.1) is 11.8 Å². The summed E-state index contributed by atoms with van der Waals surface area (Å²) in [6.07, 6.45) is -0.700. The fraction of sp³-hybridized carbons (Fsp3) is 0.400. The van der Waals surface area contributed by atoms with Crippen molar-refractivity contribution in [3.8, 4) is 11.1 Å². The van der Waals surface area contributed by atoms with Crippen molar-refractivity contribution in [3.05, 3.63) is 87.8 Å². The van der Waals surface area contributed by atoms with E-state index < -0.39 is 22.9 Å². The van der Waals surface area contributed by atoms with Crippen molar-refractivity contribution in [2.75, 3.05) is 30.3 Å². The van der Waals surface area contributed by atoms with Crippen molar-refractivity contribution in [1.29, 1.82) is 0 Å². The quantitative estimate of drug-likeness (QED) is 0.236. The Labute approximate surface area is 271 Å². The van der Waals surface area contributed by atoms with Crippen LogP contribution in [0.3, 0.4) is 0 Å². The molecule has 11 heteroatoms. The number of carbonyl (C=O) groups is 1. The van der Waals surface area contributed by atoms with E-state index >= 15 is 4.39 Å². The maximum atomic E-state index is 15.3. The van der Waals surface area contributed by atoms with Crippen LogP contribution < -0.4 is 10.6 Å². The van der Waals surface area contributed by atoms with Crippen LogP contribution in [0, 0.1) is 18.6 Å². The van der Waals surface area contributed by atoms with Gasteiger partial charge in [0, 0.05) is 58.9 Å². The first-order valence-corrected chi connectivity index (χ1v) is 16.4. The van der Waals surface area contributed by atoms with Gasteiger partial charge in [0.15, 0.2) is 0 Å². The minimum absolute atomic E-state index is 0.162. The number of anilines is 1. The number of aromatic nitrogens is 2. The second-order valence-electron chi connectivity index (χ2n) is 12.9. The minimum Gasteiger partial charge on any atom is -0.444 e. The molecule has 1 amide bonds. The zero-order chi connectivity index (χ0) is 32.7. The standard InChI is InChI=1S/C35H38F2N4O4S/c1-21-15-27-30-31(29(21)26-12-11-24(36)16-28(26)37)46-20-25(44-19-23-9-7-6-8-10-23)18-41(30)33(42)38-32(27)40-14-13-39(17-22(40)2)34(43)45-35(3,4)5/h6-12,15-16,22,25H,13-14,17-20H2,1-5H3/t22-,25-/m0/s1. The zero-order valence-corrected chi connectivity index (χ0v) is 27.5. The number of carbonyl (C=O) groups excluding carboxylic acids is 1. The number of amides is 1. The van der Waals surface area contributed by atoms with Crippen molar-refractivity contribution in [3.63, 3.8) is 0 Å². The summed E-state index contributed by atoms with van der Waals surface area (Å²) in [6.45, 7) is 11.3. The summed E-state index contributed by atoms with van der Waals surface area (Å²) in [4.78, 5) is 35.8. The first kappa shape index (κ1) is 32.0. The van der Waals surface area contributed by atoms with Crippen molar-refractivity contribution >= 4 is 34.6 Å². The monoisotopic (exact) mass is 648 g/mol. The van der Waals surface area contributed by atoms with Crippen molar-refractivity contribution in [2.24, 2.45) is 0 Å². The zero-order valence-electron chi connectivity index (χ0n) is 26.7. The SMILES string of the molecule is Cc1cc2c(N3CCN(C(=O)OC(C)(C)C)C[C@@H]3C)nc(=O)n3c2c(c1-c1ccc(F)cc1F)SC[C@@H](OCc1ccccc1)C3. The molecule has 0 saturated carbocycles. The molecule has 0 N–H and O–H groups in total. The van der Waals surface area contributed by atoms with Gasteiger partial charge < -0.3 is 19.3 Å². The molecule has 4 aromatic rings. The highest BCUT2D eigenvalue weighted by Crippen LogP contribution is 2.44. The molecule has 3 aromatic carbocycles. The highest BCUT2D eigenvalue weighted by atomic mass is 32.2. The van der Waals surface area contributed by atoms with Gasteiger partial charge in [-0.05, 0) is 63.9 Å². The first-order valence-electron chi connectivity index (χ1n) is 15.5. The Kier molecular flexibility index (Phi) is 8.82. The van der Waals surface area contributed by atoms with Gasteiger partial charge in [0.1, 0.15) is 23.1 Å². The van der Waals surface area contributed by atoms with Gasteiger partial charge >= 0.3 is 11.8 Å². The number of halogens is 2. The van der Waals surface area contributed by atoms with E-state index in [1.165, 1.54) is 23.9 Å². The van der Waals surface area contributed by atoms with E-state index in [1.807, 2.05) is 71.0 Å². The van der Waals surface area contributed by atoms with Crippen molar-refractivity contribution in [2.45, 2.75) is 70.4 Å². The minimum atomic E-state index is -0.671. The molecule has 3 heterocycles. The number of hydrogen-bond acceptors (Lipinski definition) is 7. The summed E-state index contributed by atoms with van der Waals surface area (Å²) < 4.78 is 42.9. The summed E-state index contributed by atoms with van der Waals surface area (Å²) in [5.41, 5.74) is 2.28. The summed E-state index contributed by atoms with van der Waals surface area (Å²) in [7, 11) is 0. The molecule has 46 heavy (non-hydrogen) atoms. The highest BCUT2D eigenvalue weighted by Gasteiger charge is 2.34. The van der Waals surface area contributed by atoms with Crippen molar-refractivity contribution < 1.29 is 23.0 Å². The van der Waals surface area contributed by atoms with E-state index in [9.17, 15) is 14.0 Å². The molecule has 0 radical (unpaired) electrons. The van der Waals surface area contributed by atoms with E-state index in [-0.39, 0.29) is 30.3 Å². The lowest BCUT2D eigenvalue weighted by molar-refractivity contribution is 0.0218. The number of rotatable bonds is 5. The van der Waals surface area contributed by atoms with Crippen LogP contribution in [0.2, 0.25) is 0 Å². The number of benzene rings is 3. The topological polar surface area (TPSA) is 76.9 Å². The summed E-state index contributed by atoms with van der Waals surface area (Å²) in [5.74, 6) is -0.291. The van der Waals surface area contributed by atoms with Crippen LogP contribution >= 0.6 is 11.8 Å². The van der Waals surface area contributed by atoms with Gasteiger partial charge in [-0.2, -0.15) is 4.98 Å². The second kappa shape index (κ2) is 12.7. The molecular weight excluding hydrogens is 610 g/mol. The van der Waals surface area contributed by atoms with E-state index in [4.69, 9.17) is 9.47 Å². The number of ether oxygens (including phenoxy) is 2. The van der Waals surface area contributed by atoms with E-state index in [0.29, 0.717) is 48.9 Å². The normalized spacial score (nSPS) is 18.5. The van der Waals surface area contributed by atoms with E-state index in [1.54, 1.807) is 9.47 Å². The van der Waals surface area contributed by atoms with E-state index in [0.717, 1.165) is 27.5 Å². The molecule has 8 nitrogen and oxygen atoms in total. The Hall–Kier alpha value is -3.96. The lowest BCUT2D eigenvalue weighted by atomic mass is 9.97. The summed E-state index contributed by atoms with van der Waals surface area (Å²) >= 11 is 1.51. The molecule has 2 aliphatic heterocycles. The summed E-state index contributed by atoms with van der Waals surface area (Å²) in [6, 6.07) is 15.2. The number of piperazine rings is 1. The lowest BCUT2D eigenvalue weighted by Gasteiger charge is -2.41. The summed E-state index contributed by atoms with van der Waals surface area (Å²) in [5, 5.41) is 0.757. The molecule has 1 fully saturated rings. The van der Waals surface area contributed by atoms with Crippen LogP contribution in [0.5, 0.6) is 0 Å². The Morgan fingerprint density at radius 3 is 2.52 bits per heavy atom. The number of thioether (sulfide) groups is 1. The Morgan fingerprint density at radius 2 is 1.83 bits per heavy atom.